The molecule has 1 aliphatic heterocycles. The van der Waals surface area contributed by atoms with Crippen LogP contribution in [0, 0.1) is 5.92 Å². The summed E-state index contributed by atoms with van der Waals surface area (Å²) in [6, 6.07) is 7.30. The van der Waals surface area contributed by atoms with E-state index >= 15 is 0 Å². The molecular formula is C16H21NO3. The van der Waals surface area contributed by atoms with E-state index in [0.717, 1.165) is 24.1 Å². The molecule has 2 rings (SSSR count). The highest BCUT2D eigenvalue weighted by atomic mass is 16.4. The van der Waals surface area contributed by atoms with Crippen LogP contribution in [-0.4, -0.2) is 23.5 Å². The van der Waals surface area contributed by atoms with Crippen molar-refractivity contribution in [3.63, 3.8) is 0 Å². The lowest BCUT2D eigenvalue weighted by Gasteiger charge is -2.19. The molecule has 4 heteroatoms. The molecule has 0 saturated heterocycles. The van der Waals surface area contributed by atoms with E-state index in [9.17, 15) is 14.7 Å². The molecule has 1 amide bonds. The molecule has 1 aliphatic rings. The van der Waals surface area contributed by atoms with E-state index in [1.165, 1.54) is 0 Å². The van der Waals surface area contributed by atoms with Crippen LogP contribution < -0.4 is 4.90 Å². The lowest BCUT2D eigenvalue weighted by molar-refractivity contribution is -0.138. The Hall–Kier alpha value is -1.84. The topological polar surface area (TPSA) is 57.6 Å². The van der Waals surface area contributed by atoms with Crippen molar-refractivity contribution in [2.75, 3.05) is 11.4 Å². The number of fused-ring (bicyclic) bond motifs is 1. The maximum absolute atomic E-state index is 12.4. The number of carbonyl (C=O) groups is 2. The summed E-state index contributed by atoms with van der Waals surface area (Å²) in [6.07, 6.45) is 2.56. The number of carbonyl (C=O) groups excluding carboxylic acids is 1. The number of hydrogen-bond donors (Lipinski definition) is 1. The monoisotopic (exact) mass is 275 g/mol. The molecule has 1 N–H and O–H groups in total. The molecule has 1 aromatic carbocycles. The molecule has 2 atom stereocenters. The first kappa shape index (κ1) is 14.6. The third-order valence-electron chi connectivity index (χ3n) is 3.87. The zero-order valence-corrected chi connectivity index (χ0v) is 12.0. The smallest absolute Gasteiger partial charge is 0.312 e. The highest BCUT2D eigenvalue weighted by molar-refractivity contribution is 5.99. The predicted molar refractivity (Wildman–Crippen MR) is 77.9 cm³/mol. The predicted octanol–water partition coefficient (Wildman–Crippen LogP) is 3.03. The first-order valence-corrected chi connectivity index (χ1v) is 7.16. The minimum Gasteiger partial charge on any atom is -0.481 e. The summed E-state index contributed by atoms with van der Waals surface area (Å²) in [5, 5.41) is 9.29. The van der Waals surface area contributed by atoms with Crippen LogP contribution in [0.2, 0.25) is 0 Å². The molecule has 4 nitrogen and oxygen atoms in total. The van der Waals surface area contributed by atoms with Crippen LogP contribution in [0.3, 0.4) is 0 Å². The summed E-state index contributed by atoms with van der Waals surface area (Å²) in [4.78, 5) is 25.4. The first-order chi connectivity index (χ1) is 9.54. The van der Waals surface area contributed by atoms with Gasteiger partial charge in [0.1, 0.15) is 5.92 Å². The standard InChI is InChI=1S/C16H21NO3/c1-3-6-11(2)9-15(18)17-10-13(16(19)20)12-7-4-5-8-14(12)17/h4-5,7-8,11,13H,3,6,9-10H2,1-2H3,(H,19,20). The van der Waals surface area contributed by atoms with Gasteiger partial charge in [0.2, 0.25) is 5.91 Å². The maximum Gasteiger partial charge on any atom is 0.312 e. The largest absolute Gasteiger partial charge is 0.481 e. The molecule has 0 radical (unpaired) electrons. The van der Waals surface area contributed by atoms with Crippen LogP contribution in [-0.2, 0) is 9.59 Å². The van der Waals surface area contributed by atoms with Gasteiger partial charge < -0.3 is 10.0 Å². The zero-order chi connectivity index (χ0) is 14.7. The molecular weight excluding hydrogens is 254 g/mol. The van der Waals surface area contributed by atoms with Crippen LogP contribution in [0.4, 0.5) is 5.69 Å². The Morgan fingerprint density at radius 1 is 1.40 bits per heavy atom. The van der Waals surface area contributed by atoms with E-state index in [1.807, 2.05) is 18.2 Å². The molecule has 0 spiro atoms. The van der Waals surface area contributed by atoms with Gasteiger partial charge in [-0.15, -0.1) is 0 Å². The molecule has 0 bridgehead atoms. The highest BCUT2D eigenvalue weighted by Crippen LogP contribution is 2.36. The molecule has 0 aliphatic carbocycles. The van der Waals surface area contributed by atoms with Gasteiger partial charge in [-0.2, -0.15) is 0 Å². The van der Waals surface area contributed by atoms with Gasteiger partial charge in [-0.3, -0.25) is 9.59 Å². The van der Waals surface area contributed by atoms with Gasteiger partial charge in [0, 0.05) is 18.7 Å². The Labute approximate surface area is 119 Å². The number of hydrogen-bond acceptors (Lipinski definition) is 2. The van der Waals surface area contributed by atoms with Crippen molar-refractivity contribution in [1.82, 2.24) is 0 Å². The molecule has 2 unspecified atom stereocenters. The number of amides is 1. The first-order valence-electron chi connectivity index (χ1n) is 7.16. The van der Waals surface area contributed by atoms with Crippen molar-refractivity contribution in [2.45, 2.75) is 39.0 Å². The third kappa shape index (κ3) is 2.84. The van der Waals surface area contributed by atoms with E-state index < -0.39 is 11.9 Å². The fourth-order valence-corrected chi connectivity index (χ4v) is 2.86. The number of aliphatic carboxylic acids is 1. The van der Waals surface area contributed by atoms with Crippen molar-refractivity contribution < 1.29 is 14.7 Å². The third-order valence-corrected chi connectivity index (χ3v) is 3.87. The minimum atomic E-state index is -0.866. The second-order valence-corrected chi connectivity index (χ2v) is 5.55. The number of carboxylic acid groups (broad SMARTS) is 1. The summed E-state index contributed by atoms with van der Waals surface area (Å²) in [5.41, 5.74) is 1.50. The lowest BCUT2D eigenvalue weighted by atomic mass is 10.0. The van der Waals surface area contributed by atoms with Gasteiger partial charge in [0.25, 0.3) is 0 Å². The lowest BCUT2D eigenvalue weighted by Crippen LogP contribution is -2.32. The Bertz CT molecular complexity index is 512. The molecule has 0 saturated carbocycles. The summed E-state index contributed by atoms with van der Waals surface area (Å²) in [7, 11) is 0. The molecule has 0 fully saturated rings. The van der Waals surface area contributed by atoms with Gasteiger partial charge >= 0.3 is 5.97 Å². The molecule has 1 aromatic rings. The molecule has 1 heterocycles. The van der Waals surface area contributed by atoms with E-state index in [4.69, 9.17) is 0 Å². The molecule has 0 aromatic heterocycles. The van der Waals surface area contributed by atoms with Crippen molar-refractivity contribution in [3.05, 3.63) is 29.8 Å². The second kappa shape index (κ2) is 6.07. The highest BCUT2D eigenvalue weighted by Gasteiger charge is 2.36. The van der Waals surface area contributed by atoms with E-state index in [0.29, 0.717) is 12.3 Å². The quantitative estimate of drug-likeness (QED) is 0.898. The number of rotatable bonds is 5. The van der Waals surface area contributed by atoms with Gasteiger partial charge in [0.15, 0.2) is 0 Å². The van der Waals surface area contributed by atoms with Gasteiger partial charge in [-0.05, 0) is 17.5 Å². The van der Waals surface area contributed by atoms with Crippen molar-refractivity contribution >= 4 is 17.6 Å². The maximum atomic E-state index is 12.4. The number of nitrogens with zero attached hydrogens (tertiary/aromatic N) is 1. The van der Waals surface area contributed by atoms with E-state index in [-0.39, 0.29) is 12.5 Å². The zero-order valence-electron chi connectivity index (χ0n) is 12.0. The van der Waals surface area contributed by atoms with E-state index in [1.54, 1.807) is 11.0 Å². The van der Waals surface area contributed by atoms with Gasteiger partial charge in [0.05, 0.1) is 0 Å². The minimum absolute atomic E-state index is 0.0298. The van der Waals surface area contributed by atoms with Crippen LogP contribution in [0.1, 0.15) is 44.6 Å². The number of benzene rings is 1. The summed E-state index contributed by atoms with van der Waals surface area (Å²) in [6.45, 7) is 4.43. The SMILES string of the molecule is CCCC(C)CC(=O)N1CC(C(=O)O)c2ccccc21. The average molecular weight is 275 g/mol. The van der Waals surface area contributed by atoms with Crippen LogP contribution >= 0.6 is 0 Å². The van der Waals surface area contributed by atoms with Crippen LogP contribution in [0.5, 0.6) is 0 Å². The Morgan fingerprint density at radius 2 is 2.10 bits per heavy atom. The second-order valence-electron chi connectivity index (χ2n) is 5.55. The Kier molecular flexibility index (Phi) is 4.42. The fourth-order valence-electron chi connectivity index (χ4n) is 2.86. The summed E-state index contributed by atoms with van der Waals surface area (Å²) in [5.74, 6) is -1.10. The Balaban J connectivity index is 2.18. The summed E-state index contributed by atoms with van der Waals surface area (Å²) < 4.78 is 0. The number of carboxylic acids is 1. The molecule has 20 heavy (non-hydrogen) atoms. The van der Waals surface area contributed by atoms with Gasteiger partial charge in [-0.1, -0.05) is 44.9 Å². The number of anilines is 1. The number of para-hydroxylation sites is 1. The van der Waals surface area contributed by atoms with Crippen molar-refractivity contribution in [3.8, 4) is 0 Å². The van der Waals surface area contributed by atoms with Crippen molar-refractivity contribution in [1.29, 1.82) is 0 Å². The molecule has 108 valence electrons. The normalized spacial score (nSPS) is 18.7. The van der Waals surface area contributed by atoms with Crippen LogP contribution in [0.25, 0.3) is 0 Å². The van der Waals surface area contributed by atoms with Crippen LogP contribution in [0.15, 0.2) is 24.3 Å². The van der Waals surface area contributed by atoms with Gasteiger partial charge in [-0.25, -0.2) is 0 Å². The summed E-state index contributed by atoms with van der Waals surface area (Å²) >= 11 is 0. The Morgan fingerprint density at radius 3 is 2.75 bits per heavy atom. The fraction of sp³-hybridized carbons (Fsp3) is 0.500. The van der Waals surface area contributed by atoms with Crippen molar-refractivity contribution in [2.24, 2.45) is 5.92 Å². The van der Waals surface area contributed by atoms with E-state index in [2.05, 4.69) is 13.8 Å². The average Bonchev–Trinajstić information content (AvgIpc) is 2.78.